The van der Waals surface area contributed by atoms with E-state index in [0.717, 1.165) is 17.7 Å². The summed E-state index contributed by atoms with van der Waals surface area (Å²) in [4.78, 5) is 22.4. The van der Waals surface area contributed by atoms with Crippen LogP contribution >= 0.6 is 19.4 Å². The number of hydrogen-bond donors (Lipinski definition) is 2. The fourth-order valence-electron chi connectivity index (χ4n) is 4.30. The third-order valence-corrected chi connectivity index (χ3v) is 8.62. The van der Waals surface area contributed by atoms with Crippen molar-refractivity contribution in [3.05, 3.63) is 48.5 Å². The number of nitrogens with zero attached hydrogens (tertiary/aromatic N) is 4. The molecule has 0 saturated carbocycles. The summed E-state index contributed by atoms with van der Waals surface area (Å²) in [5, 5.41) is 0. The predicted octanol–water partition coefficient (Wildman–Crippen LogP) is 6.66. The Morgan fingerprint density at radius 1 is 1.00 bits per heavy atom. The first kappa shape index (κ1) is 33.1. The lowest BCUT2D eigenvalue weighted by molar-refractivity contribution is 0.0724. The molecule has 0 aliphatic heterocycles. The van der Waals surface area contributed by atoms with E-state index in [1.54, 1.807) is 22.7 Å². The number of ether oxygens (including phenoxy) is 1. The Morgan fingerprint density at radius 2 is 1.71 bits per heavy atom. The molecular weight excluding hydrogens is 557 g/mol. The monoisotopic (exact) mass is 601 g/mol. The zero-order valence-corrected chi connectivity index (χ0v) is 25.8. The van der Waals surface area contributed by atoms with E-state index in [9.17, 15) is 9.46 Å². The van der Waals surface area contributed by atoms with Gasteiger partial charge in [0.1, 0.15) is 18.2 Å². The molecule has 0 amide bonds. The molecular formula is C30H44N5O4PS. The number of anilines is 1. The molecule has 0 radical (unpaired) electrons. The Labute approximate surface area is 248 Å². The lowest BCUT2D eigenvalue weighted by Crippen LogP contribution is -2.17. The molecule has 224 valence electrons. The molecule has 2 heterocycles. The van der Waals surface area contributed by atoms with E-state index in [1.165, 1.54) is 64.1 Å². The van der Waals surface area contributed by atoms with Crippen molar-refractivity contribution in [1.82, 2.24) is 19.5 Å². The van der Waals surface area contributed by atoms with Crippen molar-refractivity contribution in [3.63, 3.8) is 0 Å². The quantitative estimate of drug-likeness (QED) is 0.0831. The van der Waals surface area contributed by atoms with Gasteiger partial charge < -0.3 is 24.5 Å². The topological polar surface area (TPSA) is 125 Å². The maximum absolute atomic E-state index is 12.3. The van der Waals surface area contributed by atoms with Gasteiger partial charge in [0.25, 0.3) is 0 Å². The molecule has 41 heavy (non-hydrogen) atoms. The van der Waals surface area contributed by atoms with Crippen molar-refractivity contribution in [2.45, 2.75) is 83.8 Å². The number of aromatic nitrogens is 4. The zero-order valence-electron chi connectivity index (χ0n) is 24.1. The van der Waals surface area contributed by atoms with E-state index in [-0.39, 0.29) is 19.1 Å². The Kier molecular flexibility index (Phi) is 15.3. The molecule has 0 fully saturated rings. The fourth-order valence-corrected chi connectivity index (χ4v) is 6.13. The summed E-state index contributed by atoms with van der Waals surface area (Å²) in [6, 6.07) is 10.2. The summed E-state index contributed by atoms with van der Waals surface area (Å²) in [6.45, 7) is 2.46. The average molecular weight is 602 g/mol. The Balaban J connectivity index is 1.10. The highest BCUT2D eigenvalue weighted by atomic mass is 32.2. The number of benzene rings is 1. The molecule has 2 atom stereocenters. The van der Waals surface area contributed by atoms with Crippen LogP contribution in [0.4, 0.5) is 5.82 Å². The highest BCUT2D eigenvalue weighted by Gasteiger charge is 2.21. The van der Waals surface area contributed by atoms with Gasteiger partial charge in [-0.05, 0) is 37.7 Å². The normalized spacial score (nSPS) is 13.5. The number of nitrogen functional groups attached to an aromatic ring is 1. The molecule has 2 aromatic heterocycles. The van der Waals surface area contributed by atoms with E-state index in [2.05, 4.69) is 38.9 Å². The maximum atomic E-state index is 12.3. The number of nitrogens with two attached hydrogens (primary N) is 1. The van der Waals surface area contributed by atoms with Crippen LogP contribution in [-0.2, 0) is 20.4 Å². The summed E-state index contributed by atoms with van der Waals surface area (Å²) in [5.74, 6) is 8.55. The van der Waals surface area contributed by atoms with Gasteiger partial charge in [-0.3, -0.25) is 4.57 Å². The molecule has 0 saturated heterocycles. The fraction of sp³-hybridized carbons (Fsp3) is 0.567. The Bertz CT molecular complexity index is 1260. The van der Waals surface area contributed by atoms with Crippen LogP contribution in [0, 0.1) is 11.8 Å². The standard InChI is InChI=1S/C30H44N5O4PS/c1-26(22-35-24-34-28-29(31)32-23-33-30(28)35)38-25-40(36,37)39-19-21-41-20-15-10-8-6-4-2-3-5-7-9-12-16-27-17-13-11-14-18-27/h11,13-14,17-18,23-24,26H,2-10,15,19-22,25H2,1H3,(H,36,37)(H2,31,32,33)/t26-/m1/s1. The first-order chi connectivity index (χ1) is 19.9. The van der Waals surface area contributed by atoms with E-state index in [0.29, 0.717) is 29.3 Å². The van der Waals surface area contributed by atoms with Crippen LogP contribution in [0.3, 0.4) is 0 Å². The highest BCUT2D eigenvalue weighted by Crippen LogP contribution is 2.42. The summed E-state index contributed by atoms with van der Waals surface area (Å²) in [7, 11) is -3.81. The third-order valence-electron chi connectivity index (χ3n) is 6.52. The minimum absolute atomic E-state index is 0.233. The molecule has 11 heteroatoms. The molecule has 0 aliphatic carbocycles. The van der Waals surface area contributed by atoms with Gasteiger partial charge in [-0.15, -0.1) is 0 Å². The number of fused-ring (bicyclic) bond motifs is 1. The van der Waals surface area contributed by atoms with Crippen LogP contribution in [0.15, 0.2) is 43.0 Å². The van der Waals surface area contributed by atoms with Crippen molar-refractivity contribution in [1.29, 1.82) is 0 Å². The second kappa shape index (κ2) is 18.9. The predicted molar refractivity (Wildman–Crippen MR) is 168 cm³/mol. The van der Waals surface area contributed by atoms with E-state index in [1.807, 2.05) is 25.1 Å². The molecule has 3 N–H and O–H groups in total. The van der Waals surface area contributed by atoms with E-state index < -0.39 is 7.60 Å². The summed E-state index contributed by atoms with van der Waals surface area (Å²) >= 11 is 1.76. The summed E-state index contributed by atoms with van der Waals surface area (Å²) in [5.41, 5.74) is 8.03. The lowest BCUT2D eigenvalue weighted by Gasteiger charge is -2.17. The molecule has 0 bridgehead atoms. The van der Waals surface area contributed by atoms with Crippen LogP contribution < -0.4 is 5.73 Å². The number of unbranched alkanes of at least 4 members (excludes halogenated alkanes) is 9. The second-order valence-corrected chi connectivity index (χ2v) is 13.1. The Hall–Kier alpha value is -2.41. The van der Waals surface area contributed by atoms with Gasteiger partial charge in [-0.25, -0.2) is 15.0 Å². The molecule has 1 aromatic carbocycles. The van der Waals surface area contributed by atoms with Gasteiger partial charge in [-0.1, -0.05) is 75.0 Å². The van der Waals surface area contributed by atoms with Gasteiger partial charge in [0.05, 0.1) is 25.6 Å². The van der Waals surface area contributed by atoms with Crippen LogP contribution in [0.25, 0.3) is 11.2 Å². The molecule has 0 aliphatic rings. The number of thioether (sulfide) groups is 1. The molecule has 1 unspecified atom stereocenters. The minimum atomic E-state index is -3.81. The van der Waals surface area contributed by atoms with Crippen LogP contribution in [0.2, 0.25) is 0 Å². The van der Waals surface area contributed by atoms with Gasteiger partial charge in [0.2, 0.25) is 0 Å². The van der Waals surface area contributed by atoms with Gasteiger partial charge >= 0.3 is 7.60 Å². The van der Waals surface area contributed by atoms with Crippen molar-refractivity contribution >= 4 is 36.3 Å². The van der Waals surface area contributed by atoms with Crippen molar-refractivity contribution in [3.8, 4) is 11.8 Å². The third kappa shape index (κ3) is 13.4. The maximum Gasteiger partial charge on any atom is 0.353 e. The molecule has 3 aromatic rings. The first-order valence-electron chi connectivity index (χ1n) is 14.6. The van der Waals surface area contributed by atoms with E-state index in [4.69, 9.17) is 15.0 Å². The van der Waals surface area contributed by atoms with Crippen molar-refractivity contribution in [2.75, 3.05) is 30.2 Å². The molecule has 0 spiro atoms. The smallest absolute Gasteiger partial charge is 0.353 e. The SMILES string of the molecule is C[C@H](Cn1cnc2c(N)ncnc21)OCP(=O)(O)OCCSCCCCCCCCCCCC#Cc1ccccc1. The van der Waals surface area contributed by atoms with Crippen LogP contribution in [0.5, 0.6) is 0 Å². The van der Waals surface area contributed by atoms with Crippen molar-refractivity contribution < 1.29 is 18.7 Å². The van der Waals surface area contributed by atoms with Crippen LogP contribution in [0.1, 0.15) is 76.7 Å². The zero-order chi connectivity index (χ0) is 29.2. The highest BCUT2D eigenvalue weighted by molar-refractivity contribution is 7.99. The van der Waals surface area contributed by atoms with Gasteiger partial charge in [0, 0.05) is 17.7 Å². The molecule has 9 nitrogen and oxygen atoms in total. The number of hydrogen-bond acceptors (Lipinski definition) is 8. The lowest BCUT2D eigenvalue weighted by atomic mass is 10.1. The number of imidazole rings is 1. The average Bonchev–Trinajstić information content (AvgIpc) is 3.38. The second-order valence-electron chi connectivity index (χ2n) is 10.1. The first-order valence-corrected chi connectivity index (χ1v) is 17.5. The van der Waals surface area contributed by atoms with Gasteiger partial charge in [-0.2, -0.15) is 11.8 Å². The van der Waals surface area contributed by atoms with Crippen molar-refractivity contribution in [2.24, 2.45) is 0 Å². The van der Waals surface area contributed by atoms with Gasteiger partial charge in [0.15, 0.2) is 11.5 Å². The largest absolute Gasteiger partial charge is 0.382 e. The van der Waals surface area contributed by atoms with Crippen LogP contribution in [-0.4, -0.2) is 55.0 Å². The summed E-state index contributed by atoms with van der Waals surface area (Å²) < 4.78 is 24.9. The number of rotatable bonds is 20. The van der Waals surface area contributed by atoms with E-state index >= 15 is 0 Å². The summed E-state index contributed by atoms with van der Waals surface area (Å²) in [6.07, 6.45) is 14.6. The molecule has 3 rings (SSSR count). The Morgan fingerprint density at radius 3 is 2.46 bits per heavy atom. The minimum Gasteiger partial charge on any atom is -0.382 e.